The number of carbonyl (C=O) groups is 1. The minimum atomic E-state index is -0.872. The van der Waals surface area contributed by atoms with Crippen LogP contribution < -0.4 is 10.6 Å². The molecule has 9 heteroatoms. The summed E-state index contributed by atoms with van der Waals surface area (Å²) in [6, 6.07) is 1.57. The number of ether oxygens (including phenoxy) is 2. The van der Waals surface area contributed by atoms with Gasteiger partial charge in [-0.05, 0) is 12.1 Å². The number of rotatable bonds is 4. The van der Waals surface area contributed by atoms with E-state index in [1.54, 1.807) is 0 Å². The average molecular weight is 357 g/mol. The molecule has 0 saturated carbocycles. The van der Waals surface area contributed by atoms with Crippen LogP contribution in [0.3, 0.4) is 0 Å². The summed E-state index contributed by atoms with van der Waals surface area (Å²) in [7, 11) is 0. The van der Waals surface area contributed by atoms with E-state index in [9.17, 15) is 18.7 Å². The number of amides is 2. The Morgan fingerprint density at radius 2 is 2.08 bits per heavy atom. The highest BCUT2D eigenvalue weighted by Gasteiger charge is 2.37. The lowest BCUT2D eigenvalue weighted by Crippen LogP contribution is -2.49. The van der Waals surface area contributed by atoms with Crippen molar-refractivity contribution in [2.75, 3.05) is 44.8 Å². The fourth-order valence-electron chi connectivity index (χ4n) is 2.93. The van der Waals surface area contributed by atoms with E-state index in [-0.39, 0.29) is 12.3 Å². The monoisotopic (exact) mass is 357 g/mol. The summed E-state index contributed by atoms with van der Waals surface area (Å²) in [6.07, 6.45) is -1.28. The molecule has 2 fully saturated rings. The van der Waals surface area contributed by atoms with Crippen LogP contribution in [0.5, 0.6) is 0 Å². The maximum absolute atomic E-state index is 13.6. The van der Waals surface area contributed by atoms with Crippen molar-refractivity contribution < 1.29 is 28.2 Å². The number of benzene rings is 1. The van der Waals surface area contributed by atoms with Gasteiger partial charge in [0.1, 0.15) is 17.7 Å². The van der Waals surface area contributed by atoms with Crippen molar-refractivity contribution >= 4 is 11.7 Å². The van der Waals surface area contributed by atoms with E-state index in [0.29, 0.717) is 25.8 Å². The summed E-state index contributed by atoms with van der Waals surface area (Å²) < 4.78 is 37.3. The third-order valence-electron chi connectivity index (χ3n) is 4.32. The quantitative estimate of drug-likeness (QED) is 0.733. The third kappa shape index (κ3) is 4.63. The first-order valence-corrected chi connectivity index (χ1v) is 8.15. The number of nitrogens with zero attached hydrogens (tertiary/aromatic N) is 1. The number of anilines is 1. The second-order valence-electron chi connectivity index (χ2n) is 6.10. The highest BCUT2D eigenvalue weighted by molar-refractivity contribution is 5.89. The van der Waals surface area contributed by atoms with Crippen LogP contribution in [0, 0.1) is 11.6 Å². The molecule has 0 radical (unpaired) electrons. The molecule has 3 rings (SSSR count). The fraction of sp³-hybridized carbons (Fsp3) is 0.562. The summed E-state index contributed by atoms with van der Waals surface area (Å²) in [4.78, 5) is 14.1. The molecule has 3 unspecified atom stereocenters. The topological polar surface area (TPSA) is 83.1 Å². The van der Waals surface area contributed by atoms with Gasteiger partial charge in [-0.2, -0.15) is 0 Å². The molecule has 2 saturated heterocycles. The van der Waals surface area contributed by atoms with Gasteiger partial charge in [-0.3, -0.25) is 4.90 Å². The highest BCUT2D eigenvalue weighted by atomic mass is 19.1. The Hall–Kier alpha value is -1.81. The maximum atomic E-state index is 13.6. The van der Waals surface area contributed by atoms with Crippen LogP contribution in [0.15, 0.2) is 18.2 Å². The van der Waals surface area contributed by atoms with Crippen molar-refractivity contribution in [2.24, 2.45) is 0 Å². The molecular formula is C16H21F2N3O4. The van der Waals surface area contributed by atoms with Gasteiger partial charge in [0, 0.05) is 25.7 Å². The molecule has 2 amide bonds. The molecule has 0 aromatic heterocycles. The van der Waals surface area contributed by atoms with E-state index in [1.165, 1.54) is 0 Å². The molecule has 138 valence electrons. The molecule has 25 heavy (non-hydrogen) atoms. The van der Waals surface area contributed by atoms with Gasteiger partial charge in [-0.15, -0.1) is 0 Å². The van der Waals surface area contributed by atoms with Gasteiger partial charge >= 0.3 is 6.03 Å². The number of hydrogen-bond donors (Lipinski definition) is 3. The lowest BCUT2D eigenvalue weighted by molar-refractivity contribution is -0.0180. The zero-order valence-electron chi connectivity index (χ0n) is 13.6. The molecule has 3 atom stereocenters. The Balaban J connectivity index is 1.50. The number of hydrogen-bond acceptors (Lipinski definition) is 5. The number of aliphatic hydroxyl groups is 1. The maximum Gasteiger partial charge on any atom is 0.319 e. The summed E-state index contributed by atoms with van der Waals surface area (Å²) in [5.74, 6) is -1.60. The molecule has 1 aromatic rings. The third-order valence-corrected chi connectivity index (χ3v) is 4.32. The first-order chi connectivity index (χ1) is 12.0. The van der Waals surface area contributed by atoms with Crippen LogP contribution in [0.2, 0.25) is 0 Å². The predicted molar refractivity (Wildman–Crippen MR) is 85.3 cm³/mol. The molecule has 2 aliphatic heterocycles. The van der Waals surface area contributed by atoms with Gasteiger partial charge in [0.15, 0.2) is 0 Å². The number of urea groups is 1. The van der Waals surface area contributed by atoms with Gasteiger partial charge < -0.3 is 25.2 Å². The van der Waals surface area contributed by atoms with E-state index >= 15 is 0 Å². The Labute approximate surface area is 143 Å². The van der Waals surface area contributed by atoms with Crippen molar-refractivity contribution in [3.63, 3.8) is 0 Å². The summed E-state index contributed by atoms with van der Waals surface area (Å²) in [5.41, 5.74) is -0.142. The molecule has 2 heterocycles. The van der Waals surface area contributed by atoms with Crippen LogP contribution in [0.4, 0.5) is 19.3 Å². The van der Waals surface area contributed by atoms with Gasteiger partial charge in [0.25, 0.3) is 0 Å². The smallest absolute Gasteiger partial charge is 0.319 e. The average Bonchev–Trinajstić information content (AvgIpc) is 2.92. The number of halogens is 2. The van der Waals surface area contributed by atoms with Crippen LogP contribution in [0.1, 0.15) is 0 Å². The van der Waals surface area contributed by atoms with Crippen LogP contribution in [0.25, 0.3) is 0 Å². The highest BCUT2D eigenvalue weighted by Crippen LogP contribution is 2.18. The minimum Gasteiger partial charge on any atom is -0.388 e. The predicted octanol–water partition coefficient (Wildman–Crippen LogP) is 0.547. The lowest BCUT2D eigenvalue weighted by Gasteiger charge is -2.29. The second-order valence-corrected chi connectivity index (χ2v) is 6.10. The van der Waals surface area contributed by atoms with Crippen LogP contribution in [-0.2, 0) is 9.47 Å². The normalized spacial score (nSPS) is 27.2. The van der Waals surface area contributed by atoms with Crippen molar-refractivity contribution in [2.45, 2.75) is 18.2 Å². The van der Waals surface area contributed by atoms with E-state index in [4.69, 9.17) is 9.47 Å². The van der Waals surface area contributed by atoms with E-state index in [1.807, 2.05) is 0 Å². The van der Waals surface area contributed by atoms with Crippen LogP contribution in [-0.4, -0.2) is 73.7 Å². The Morgan fingerprint density at radius 3 is 2.80 bits per heavy atom. The van der Waals surface area contributed by atoms with Crippen molar-refractivity contribution in [1.82, 2.24) is 10.2 Å². The van der Waals surface area contributed by atoms with Gasteiger partial charge in [0.05, 0.1) is 37.7 Å². The fourth-order valence-corrected chi connectivity index (χ4v) is 2.93. The molecule has 2 aliphatic rings. The SMILES string of the molecule is O=C(Nc1ccc(F)cc1F)NC1COC(CN2CCOCC2)C1O. The van der Waals surface area contributed by atoms with Gasteiger partial charge in [-0.25, -0.2) is 13.6 Å². The molecular weight excluding hydrogens is 336 g/mol. The summed E-state index contributed by atoms with van der Waals surface area (Å²) in [5, 5.41) is 15.2. The van der Waals surface area contributed by atoms with E-state index in [0.717, 1.165) is 25.2 Å². The first kappa shape index (κ1) is 18.0. The standard InChI is InChI=1S/C16H21F2N3O4/c17-10-1-2-12(11(18)7-10)19-16(23)20-13-9-25-14(15(13)22)8-21-3-5-24-6-4-21/h1-2,7,13-15,22H,3-6,8-9H2,(H2,19,20,23). The molecule has 1 aromatic carbocycles. The molecule has 3 N–H and O–H groups in total. The number of carbonyl (C=O) groups excluding carboxylic acids is 1. The van der Waals surface area contributed by atoms with Gasteiger partial charge in [0.2, 0.25) is 0 Å². The number of aliphatic hydroxyl groups excluding tert-OH is 1. The largest absolute Gasteiger partial charge is 0.388 e. The lowest BCUT2D eigenvalue weighted by atomic mass is 10.1. The van der Waals surface area contributed by atoms with Crippen molar-refractivity contribution in [1.29, 1.82) is 0 Å². The Bertz CT molecular complexity index is 613. The molecule has 0 spiro atoms. The second kappa shape index (κ2) is 8.05. The van der Waals surface area contributed by atoms with Gasteiger partial charge in [-0.1, -0.05) is 0 Å². The number of morpholine rings is 1. The zero-order valence-corrected chi connectivity index (χ0v) is 13.6. The van der Waals surface area contributed by atoms with Crippen molar-refractivity contribution in [3.8, 4) is 0 Å². The molecule has 0 aliphatic carbocycles. The number of nitrogens with one attached hydrogen (secondary N) is 2. The van der Waals surface area contributed by atoms with Crippen LogP contribution >= 0.6 is 0 Å². The zero-order chi connectivity index (χ0) is 17.8. The summed E-state index contributed by atoms with van der Waals surface area (Å²) >= 11 is 0. The minimum absolute atomic E-state index is 0.142. The molecule has 7 nitrogen and oxygen atoms in total. The van der Waals surface area contributed by atoms with E-state index < -0.39 is 35.9 Å². The first-order valence-electron chi connectivity index (χ1n) is 8.15. The summed E-state index contributed by atoms with van der Waals surface area (Å²) in [6.45, 7) is 3.56. The van der Waals surface area contributed by atoms with Crippen molar-refractivity contribution in [3.05, 3.63) is 29.8 Å². The molecule has 0 bridgehead atoms. The Morgan fingerprint density at radius 1 is 1.32 bits per heavy atom. The van der Waals surface area contributed by atoms with E-state index in [2.05, 4.69) is 15.5 Å². The Kier molecular flexibility index (Phi) is 5.79.